The van der Waals surface area contributed by atoms with E-state index >= 15 is 0 Å². The highest BCUT2D eigenvalue weighted by molar-refractivity contribution is 7.91. The number of ether oxygens (including phenoxy) is 1. The molecule has 2 aromatic carbocycles. The Kier molecular flexibility index (Phi) is 5.19. The van der Waals surface area contributed by atoms with E-state index in [9.17, 15) is 17.4 Å². The third-order valence-electron chi connectivity index (χ3n) is 3.55. The molecule has 3 aromatic rings. The molecule has 3 rings (SSSR count). The minimum Gasteiger partial charge on any atom is -0.489 e. The topological polar surface area (TPSA) is 93.4 Å². The number of aromatic amines is 1. The van der Waals surface area contributed by atoms with Gasteiger partial charge in [-0.1, -0.05) is 30.3 Å². The van der Waals surface area contributed by atoms with E-state index in [0.717, 1.165) is 11.8 Å². The predicted octanol–water partition coefficient (Wildman–Crippen LogP) is 4.04. The summed E-state index contributed by atoms with van der Waals surface area (Å²) in [6.07, 6.45) is -3.87. The number of aromatic nitrogens is 2. The summed E-state index contributed by atoms with van der Waals surface area (Å²) >= 11 is 0. The zero-order valence-electron chi connectivity index (χ0n) is 13.8. The van der Waals surface area contributed by atoms with Crippen molar-refractivity contribution < 1.29 is 22.1 Å². The Hall–Kier alpha value is -2.85. The summed E-state index contributed by atoms with van der Waals surface area (Å²) in [5, 5.41) is 10.8. The maximum absolute atomic E-state index is 12.9. The fourth-order valence-corrected chi connectivity index (χ4v) is 3.28. The van der Waals surface area contributed by atoms with Crippen LogP contribution < -0.4 is 9.88 Å². The lowest BCUT2D eigenvalue weighted by atomic mass is 10.2. The van der Waals surface area contributed by atoms with Gasteiger partial charge in [-0.3, -0.25) is 5.10 Å². The van der Waals surface area contributed by atoms with Crippen LogP contribution in [0.1, 0.15) is 11.3 Å². The molecule has 0 saturated heterocycles. The number of halogens is 3. The Morgan fingerprint density at radius 1 is 1.11 bits per heavy atom. The van der Waals surface area contributed by atoms with Gasteiger partial charge in [0.15, 0.2) is 5.69 Å². The molecule has 0 aliphatic heterocycles. The molecule has 1 unspecified atom stereocenters. The van der Waals surface area contributed by atoms with Gasteiger partial charge in [0.1, 0.15) is 28.0 Å². The molecule has 3 N–H and O–H groups in total. The summed E-state index contributed by atoms with van der Waals surface area (Å²) in [6, 6.07) is 15.3. The van der Waals surface area contributed by atoms with Gasteiger partial charge in [-0.05, 0) is 29.8 Å². The normalized spacial score (nSPS) is 13.8. The first-order valence-corrected chi connectivity index (χ1v) is 9.26. The number of nitrogens with two attached hydrogens (primary N) is 1. The first kappa shape index (κ1) is 18.9. The predicted molar refractivity (Wildman–Crippen MR) is 93.5 cm³/mol. The Morgan fingerprint density at radius 2 is 1.78 bits per heavy atom. The smallest absolute Gasteiger partial charge is 0.434 e. The number of alkyl halides is 3. The molecule has 6 nitrogen and oxygen atoms in total. The molecule has 0 saturated carbocycles. The van der Waals surface area contributed by atoms with Crippen LogP contribution in [0.25, 0.3) is 0 Å². The van der Waals surface area contributed by atoms with Crippen molar-refractivity contribution in [2.45, 2.75) is 17.7 Å². The number of nitrogens with zero attached hydrogens (tertiary/aromatic N) is 2. The van der Waals surface area contributed by atoms with Crippen LogP contribution in [0.2, 0.25) is 0 Å². The van der Waals surface area contributed by atoms with Gasteiger partial charge in [-0.15, -0.1) is 0 Å². The second-order valence-corrected chi connectivity index (χ2v) is 7.32. The molecule has 0 fully saturated rings. The van der Waals surface area contributed by atoms with Gasteiger partial charge >= 0.3 is 6.18 Å². The van der Waals surface area contributed by atoms with Crippen molar-refractivity contribution in [1.29, 1.82) is 0 Å². The number of hydrogen-bond acceptors (Lipinski definition) is 4. The molecule has 1 heterocycles. The van der Waals surface area contributed by atoms with E-state index in [2.05, 4.69) is 9.46 Å². The van der Waals surface area contributed by atoms with Crippen LogP contribution in [0.5, 0.6) is 5.75 Å². The van der Waals surface area contributed by atoms with Crippen LogP contribution in [-0.4, -0.2) is 14.4 Å². The van der Waals surface area contributed by atoms with Crippen LogP contribution in [-0.2, 0) is 22.7 Å². The molecule has 1 aromatic heterocycles. The molecule has 0 aliphatic carbocycles. The molecular weight excluding hydrogens is 381 g/mol. The van der Waals surface area contributed by atoms with Crippen molar-refractivity contribution >= 4 is 15.6 Å². The molecule has 0 spiro atoms. The Bertz CT molecular complexity index is 1020. The fourth-order valence-electron chi connectivity index (χ4n) is 2.22. The second-order valence-electron chi connectivity index (χ2n) is 5.53. The summed E-state index contributed by atoms with van der Waals surface area (Å²) in [5.41, 5.74) is -1.03. The molecule has 0 radical (unpaired) electrons. The van der Waals surface area contributed by atoms with Gasteiger partial charge in [0.05, 0.1) is 11.1 Å². The largest absolute Gasteiger partial charge is 0.489 e. The van der Waals surface area contributed by atoms with E-state index in [4.69, 9.17) is 9.88 Å². The van der Waals surface area contributed by atoms with E-state index in [-0.39, 0.29) is 11.5 Å². The van der Waals surface area contributed by atoms with Crippen molar-refractivity contribution in [2.24, 2.45) is 9.50 Å². The number of nitrogens with one attached hydrogen (secondary N) is 1. The van der Waals surface area contributed by atoms with Gasteiger partial charge in [0.2, 0.25) is 0 Å². The standard InChI is InChI=1S/C17H15F3N4O2S/c18-17(19,20)16-15(10-22-23-16)24-27(21,25)14-8-6-12(7-9-14)11-26-13-4-2-1-3-5-13/h1-10H,11H2,(H,22,23)(H2,21,24,25). The Balaban J connectivity index is 1.79. The summed E-state index contributed by atoms with van der Waals surface area (Å²) in [5.74, 6) is 0.693. The zero-order chi connectivity index (χ0) is 19.5. The van der Waals surface area contributed by atoms with E-state index < -0.39 is 27.5 Å². The Labute approximate surface area is 153 Å². The maximum Gasteiger partial charge on any atom is 0.434 e. The molecule has 1 atom stereocenters. The average Bonchev–Trinajstić information content (AvgIpc) is 3.09. The summed E-state index contributed by atoms with van der Waals surface area (Å²) in [7, 11) is -3.58. The first-order valence-electron chi connectivity index (χ1n) is 7.68. The highest BCUT2D eigenvalue weighted by Crippen LogP contribution is 2.35. The number of H-pyrrole nitrogens is 1. The molecule has 10 heteroatoms. The van der Waals surface area contributed by atoms with Gasteiger partial charge in [0.25, 0.3) is 0 Å². The third-order valence-corrected chi connectivity index (χ3v) is 4.96. The minimum absolute atomic E-state index is 0.0975. The van der Waals surface area contributed by atoms with E-state index in [0.29, 0.717) is 5.75 Å². The van der Waals surface area contributed by atoms with Crippen LogP contribution >= 0.6 is 0 Å². The highest BCUT2D eigenvalue weighted by Gasteiger charge is 2.36. The minimum atomic E-state index is -4.70. The number of benzene rings is 2. The SMILES string of the molecule is NS(=O)(=Nc1cn[nH]c1C(F)(F)F)c1ccc(COc2ccccc2)cc1. The molecule has 142 valence electrons. The maximum atomic E-state index is 12.9. The van der Waals surface area contributed by atoms with Crippen molar-refractivity contribution in [3.05, 3.63) is 72.1 Å². The van der Waals surface area contributed by atoms with Crippen LogP contribution in [0, 0.1) is 0 Å². The van der Waals surface area contributed by atoms with Crippen LogP contribution in [0.4, 0.5) is 18.9 Å². The fraction of sp³-hybridized carbons (Fsp3) is 0.118. The number of rotatable bonds is 5. The molecule has 0 aliphatic rings. The van der Waals surface area contributed by atoms with E-state index in [1.54, 1.807) is 17.2 Å². The van der Waals surface area contributed by atoms with Gasteiger partial charge < -0.3 is 4.74 Å². The average molecular weight is 396 g/mol. The van der Waals surface area contributed by atoms with E-state index in [1.165, 1.54) is 12.1 Å². The van der Waals surface area contributed by atoms with E-state index in [1.807, 2.05) is 30.3 Å². The lowest BCUT2D eigenvalue weighted by Crippen LogP contribution is -2.13. The first-order chi connectivity index (χ1) is 12.8. The van der Waals surface area contributed by atoms with Gasteiger partial charge in [0, 0.05) is 0 Å². The lowest BCUT2D eigenvalue weighted by molar-refractivity contribution is -0.140. The summed E-state index contributed by atoms with van der Waals surface area (Å²) in [4.78, 5) is 0.0975. The number of hydrogen-bond donors (Lipinski definition) is 2. The Morgan fingerprint density at radius 3 is 2.41 bits per heavy atom. The van der Waals surface area contributed by atoms with Crippen LogP contribution in [0.3, 0.4) is 0 Å². The summed E-state index contributed by atoms with van der Waals surface area (Å²) < 4.78 is 60.3. The second kappa shape index (κ2) is 7.41. The lowest BCUT2D eigenvalue weighted by Gasteiger charge is -2.09. The highest BCUT2D eigenvalue weighted by atomic mass is 32.2. The van der Waals surface area contributed by atoms with Crippen molar-refractivity contribution in [2.75, 3.05) is 0 Å². The van der Waals surface area contributed by atoms with Crippen LogP contribution in [0.15, 0.2) is 70.1 Å². The quantitative estimate of drug-likeness (QED) is 0.682. The molecule has 0 bridgehead atoms. The van der Waals surface area contributed by atoms with Gasteiger partial charge in [-0.25, -0.2) is 9.35 Å². The molecular formula is C17H15F3N4O2S. The number of para-hydroxylation sites is 1. The van der Waals surface area contributed by atoms with Gasteiger partial charge in [-0.2, -0.15) is 22.6 Å². The molecule has 27 heavy (non-hydrogen) atoms. The third kappa shape index (κ3) is 4.66. The van der Waals surface area contributed by atoms with Crippen molar-refractivity contribution in [3.8, 4) is 5.75 Å². The van der Waals surface area contributed by atoms with Crippen molar-refractivity contribution in [1.82, 2.24) is 10.2 Å². The van der Waals surface area contributed by atoms with Crippen molar-refractivity contribution in [3.63, 3.8) is 0 Å². The zero-order valence-corrected chi connectivity index (χ0v) is 14.6. The monoisotopic (exact) mass is 396 g/mol. The summed E-state index contributed by atoms with van der Waals surface area (Å²) in [6.45, 7) is 0.271. The molecule has 0 amide bonds.